The molecule has 0 N–H and O–H groups in total. The van der Waals surface area contributed by atoms with Gasteiger partial charge in [0, 0.05) is 6.66 Å². The van der Waals surface area contributed by atoms with Crippen molar-refractivity contribution in [2.75, 3.05) is 13.3 Å². The van der Waals surface area contributed by atoms with Gasteiger partial charge >= 0.3 is 7.37 Å². The van der Waals surface area contributed by atoms with E-state index in [2.05, 4.69) is 0 Å². The molecule has 0 aliphatic rings. The second-order valence-electron chi connectivity index (χ2n) is 6.05. The Kier molecular flexibility index (Phi) is 6.01. The SMILES string of the molecule is CCO[P@](C)(=O)c1ccccc1OP(=O)(c1ccccc1)c1ccccc1. The van der Waals surface area contributed by atoms with Crippen molar-refractivity contribution in [2.45, 2.75) is 6.92 Å². The van der Waals surface area contributed by atoms with Gasteiger partial charge in [-0.05, 0) is 43.3 Å². The lowest BCUT2D eigenvalue weighted by atomic mass is 10.3. The second kappa shape index (κ2) is 8.27. The lowest BCUT2D eigenvalue weighted by Crippen LogP contribution is -2.22. The number of hydrogen-bond acceptors (Lipinski definition) is 4. The average molecular weight is 400 g/mol. The fourth-order valence-corrected chi connectivity index (χ4v) is 6.48. The molecular weight excluding hydrogens is 378 g/mol. The number of hydrogen-bond donors (Lipinski definition) is 0. The van der Waals surface area contributed by atoms with Crippen molar-refractivity contribution in [3.05, 3.63) is 84.9 Å². The van der Waals surface area contributed by atoms with E-state index in [1.165, 1.54) is 0 Å². The molecule has 0 saturated heterocycles. The third kappa shape index (κ3) is 4.25. The van der Waals surface area contributed by atoms with Crippen molar-refractivity contribution in [2.24, 2.45) is 0 Å². The number of rotatable bonds is 7. The van der Waals surface area contributed by atoms with Crippen LogP contribution >= 0.6 is 14.7 Å². The number of para-hydroxylation sites is 1. The fraction of sp³-hybridized carbons (Fsp3) is 0.143. The maximum atomic E-state index is 14.1. The van der Waals surface area contributed by atoms with E-state index in [0.29, 0.717) is 28.3 Å². The standard InChI is InChI=1S/C21H22O4P2/c1-3-24-26(2,22)21-17-11-10-16-20(21)25-27(23,18-12-6-4-7-13-18)19-14-8-5-9-15-19/h4-17H,3H2,1-2H3/t26-/m0/s1. The summed E-state index contributed by atoms with van der Waals surface area (Å²) in [5, 5.41) is 1.58. The Labute approximate surface area is 160 Å². The Hall–Kier alpha value is -2.12. The molecule has 3 rings (SSSR count). The van der Waals surface area contributed by atoms with Crippen LogP contribution in [0.15, 0.2) is 84.9 Å². The van der Waals surface area contributed by atoms with Crippen LogP contribution in [-0.2, 0) is 13.7 Å². The van der Waals surface area contributed by atoms with Crippen LogP contribution in [0.5, 0.6) is 5.75 Å². The molecule has 1 atom stereocenters. The molecule has 0 heterocycles. The highest BCUT2D eigenvalue weighted by atomic mass is 31.2. The van der Waals surface area contributed by atoms with Gasteiger partial charge in [-0.2, -0.15) is 0 Å². The van der Waals surface area contributed by atoms with Crippen molar-refractivity contribution >= 4 is 30.7 Å². The third-order valence-electron chi connectivity index (χ3n) is 4.10. The zero-order valence-electron chi connectivity index (χ0n) is 15.3. The van der Waals surface area contributed by atoms with Gasteiger partial charge in [-0.3, -0.25) is 9.13 Å². The zero-order valence-corrected chi connectivity index (χ0v) is 17.1. The van der Waals surface area contributed by atoms with E-state index in [9.17, 15) is 9.13 Å². The minimum absolute atomic E-state index is 0.313. The lowest BCUT2D eigenvalue weighted by molar-refractivity contribution is 0.344. The smallest absolute Gasteiger partial charge is 0.306 e. The molecule has 140 valence electrons. The van der Waals surface area contributed by atoms with Crippen LogP contribution in [-0.4, -0.2) is 13.3 Å². The van der Waals surface area contributed by atoms with Crippen LogP contribution in [0.3, 0.4) is 0 Å². The highest BCUT2D eigenvalue weighted by Crippen LogP contribution is 2.49. The summed E-state index contributed by atoms with van der Waals surface area (Å²) in [6.45, 7) is 3.66. The van der Waals surface area contributed by atoms with Crippen molar-refractivity contribution in [3.63, 3.8) is 0 Å². The van der Waals surface area contributed by atoms with Gasteiger partial charge < -0.3 is 9.05 Å². The molecule has 0 amide bonds. The predicted octanol–water partition coefficient (Wildman–Crippen LogP) is 4.56. The summed E-state index contributed by atoms with van der Waals surface area (Å²) >= 11 is 0. The van der Waals surface area contributed by atoms with E-state index in [4.69, 9.17) is 9.05 Å². The van der Waals surface area contributed by atoms with E-state index in [0.717, 1.165) is 0 Å². The first-order chi connectivity index (χ1) is 13.0. The molecule has 0 aromatic heterocycles. The Morgan fingerprint density at radius 3 is 1.74 bits per heavy atom. The second-order valence-corrected chi connectivity index (χ2v) is 10.8. The molecule has 3 aromatic rings. The van der Waals surface area contributed by atoms with E-state index in [1.54, 1.807) is 62.1 Å². The molecule has 0 radical (unpaired) electrons. The predicted molar refractivity (Wildman–Crippen MR) is 112 cm³/mol. The Morgan fingerprint density at radius 2 is 1.22 bits per heavy atom. The van der Waals surface area contributed by atoms with Gasteiger partial charge in [0.15, 0.2) is 0 Å². The summed E-state index contributed by atoms with van der Waals surface area (Å²) in [6.07, 6.45) is 0. The Balaban J connectivity index is 2.13. The quantitative estimate of drug-likeness (QED) is 0.546. The van der Waals surface area contributed by atoms with E-state index in [1.807, 2.05) is 36.4 Å². The van der Waals surface area contributed by atoms with Crippen molar-refractivity contribution in [1.29, 1.82) is 0 Å². The molecule has 3 aromatic carbocycles. The minimum Gasteiger partial charge on any atom is -0.436 e. The van der Waals surface area contributed by atoms with Gasteiger partial charge in [-0.1, -0.05) is 48.5 Å². The summed E-state index contributed by atoms with van der Waals surface area (Å²) in [7, 11) is -6.54. The number of benzene rings is 3. The topological polar surface area (TPSA) is 52.6 Å². The van der Waals surface area contributed by atoms with E-state index in [-0.39, 0.29) is 0 Å². The van der Waals surface area contributed by atoms with E-state index >= 15 is 0 Å². The molecule has 0 fully saturated rings. The van der Waals surface area contributed by atoms with Crippen molar-refractivity contribution in [3.8, 4) is 5.75 Å². The van der Waals surface area contributed by atoms with Crippen LogP contribution in [0.2, 0.25) is 0 Å². The molecule has 0 aliphatic carbocycles. The Morgan fingerprint density at radius 1 is 0.741 bits per heavy atom. The first kappa shape index (κ1) is 19.6. The lowest BCUT2D eigenvalue weighted by Gasteiger charge is -2.23. The van der Waals surface area contributed by atoms with Crippen LogP contribution < -0.4 is 20.4 Å². The maximum absolute atomic E-state index is 14.1. The fourth-order valence-electron chi connectivity index (χ4n) is 2.83. The molecule has 4 nitrogen and oxygen atoms in total. The van der Waals surface area contributed by atoms with Crippen LogP contribution in [0.1, 0.15) is 6.92 Å². The summed E-state index contributed by atoms with van der Waals surface area (Å²) in [4.78, 5) is 0. The molecule has 0 aliphatic heterocycles. The van der Waals surface area contributed by atoms with Crippen LogP contribution in [0.4, 0.5) is 0 Å². The van der Waals surface area contributed by atoms with Gasteiger partial charge in [-0.15, -0.1) is 0 Å². The molecule has 0 spiro atoms. The van der Waals surface area contributed by atoms with E-state index < -0.39 is 14.7 Å². The van der Waals surface area contributed by atoms with Gasteiger partial charge in [-0.25, -0.2) is 0 Å². The summed E-state index contributed by atoms with van der Waals surface area (Å²) in [5.41, 5.74) is 0. The highest BCUT2D eigenvalue weighted by Gasteiger charge is 2.33. The normalized spacial score (nSPS) is 13.7. The summed E-state index contributed by atoms with van der Waals surface area (Å²) < 4.78 is 38.7. The average Bonchev–Trinajstić information content (AvgIpc) is 2.69. The zero-order chi connectivity index (χ0) is 19.3. The monoisotopic (exact) mass is 400 g/mol. The van der Waals surface area contributed by atoms with Crippen molar-refractivity contribution < 1.29 is 18.2 Å². The van der Waals surface area contributed by atoms with Crippen LogP contribution in [0, 0.1) is 0 Å². The molecule has 6 heteroatoms. The summed E-state index contributed by atoms with van der Waals surface area (Å²) in [6, 6.07) is 25.1. The third-order valence-corrected chi connectivity index (χ3v) is 8.50. The molecule has 0 unspecified atom stereocenters. The maximum Gasteiger partial charge on any atom is 0.306 e. The first-order valence-corrected chi connectivity index (χ1v) is 12.4. The molecule has 0 bridgehead atoms. The Bertz CT molecular complexity index is 944. The van der Waals surface area contributed by atoms with Gasteiger partial charge in [0.2, 0.25) is 7.37 Å². The highest BCUT2D eigenvalue weighted by molar-refractivity contribution is 7.74. The van der Waals surface area contributed by atoms with Gasteiger partial charge in [0.1, 0.15) is 5.75 Å². The first-order valence-electron chi connectivity index (χ1n) is 8.70. The van der Waals surface area contributed by atoms with Gasteiger partial charge in [0.25, 0.3) is 0 Å². The van der Waals surface area contributed by atoms with Crippen molar-refractivity contribution in [1.82, 2.24) is 0 Å². The molecule has 27 heavy (non-hydrogen) atoms. The summed E-state index contributed by atoms with van der Waals surface area (Å²) in [5.74, 6) is 0.313. The minimum atomic E-state index is -3.44. The molecule has 0 saturated carbocycles. The largest absolute Gasteiger partial charge is 0.436 e. The molecular formula is C21H22O4P2. The van der Waals surface area contributed by atoms with Gasteiger partial charge in [0.05, 0.1) is 22.5 Å². The van der Waals surface area contributed by atoms with Crippen LogP contribution in [0.25, 0.3) is 0 Å².